The first kappa shape index (κ1) is 13.1. The largest absolute Gasteiger partial charge is 0.464 e. The summed E-state index contributed by atoms with van der Waals surface area (Å²) in [6.45, 7) is 0.242. The van der Waals surface area contributed by atoms with Crippen molar-refractivity contribution < 1.29 is 12.8 Å². The van der Waals surface area contributed by atoms with Crippen molar-refractivity contribution in [3.8, 4) is 0 Å². The van der Waals surface area contributed by atoms with E-state index in [9.17, 15) is 8.42 Å². The molecule has 18 heavy (non-hydrogen) atoms. The highest BCUT2D eigenvalue weighted by Gasteiger charge is 2.20. The summed E-state index contributed by atoms with van der Waals surface area (Å²) in [5.74, 6) is 0.686. The first-order chi connectivity index (χ1) is 8.53. The zero-order chi connectivity index (χ0) is 13.2. The second-order valence-corrected chi connectivity index (χ2v) is 6.13. The molecule has 6 heteroatoms. The Morgan fingerprint density at radius 2 is 1.78 bits per heavy atom. The summed E-state index contributed by atoms with van der Waals surface area (Å²) in [6, 6.07) is 9.60. The molecule has 0 atom stereocenters. The van der Waals surface area contributed by atoms with Gasteiger partial charge in [-0.05, 0) is 24.3 Å². The zero-order valence-corrected chi connectivity index (χ0v) is 11.0. The first-order valence-electron chi connectivity index (χ1n) is 5.28. The highest BCUT2D eigenvalue weighted by molar-refractivity contribution is 7.90. The summed E-state index contributed by atoms with van der Waals surface area (Å²) in [4.78, 5) is 0.109. The Morgan fingerprint density at radius 1 is 1.11 bits per heavy atom. The van der Waals surface area contributed by atoms with E-state index in [4.69, 9.17) is 21.8 Å². The molecule has 0 saturated heterocycles. The van der Waals surface area contributed by atoms with E-state index in [-0.39, 0.29) is 22.2 Å². The molecule has 0 radical (unpaired) electrons. The predicted octanol–water partition coefficient (Wildman–Crippen LogP) is 2.37. The molecule has 0 unspecified atom stereocenters. The lowest BCUT2D eigenvalue weighted by Crippen LogP contribution is -2.05. The monoisotopic (exact) mass is 285 g/mol. The van der Waals surface area contributed by atoms with Crippen LogP contribution >= 0.6 is 11.6 Å². The van der Waals surface area contributed by atoms with Crippen LogP contribution in [0.2, 0.25) is 5.02 Å². The molecule has 1 aromatic carbocycles. The Balaban J connectivity index is 2.30. The molecule has 4 nitrogen and oxygen atoms in total. The lowest BCUT2D eigenvalue weighted by Gasteiger charge is -2.04. The minimum Gasteiger partial charge on any atom is -0.464 e. The summed E-state index contributed by atoms with van der Waals surface area (Å²) in [5.41, 5.74) is 5.40. The molecule has 1 heterocycles. The SMILES string of the molecule is NCc1ccc(CS(=O)(=O)c2ccccc2Cl)o1. The van der Waals surface area contributed by atoms with E-state index in [1.165, 1.54) is 6.07 Å². The van der Waals surface area contributed by atoms with Crippen LogP contribution in [0, 0.1) is 0 Å². The van der Waals surface area contributed by atoms with Crippen LogP contribution in [0.25, 0.3) is 0 Å². The molecule has 0 spiro atoms. The van der Waals surface area contributed by atoms with Crippen molar-refractivity contribution in [3.63, 3.8) is 0 Å². The molecule has 0 aliphatic carbocycles. The second kappa shape index (κ2) is 5.14. The number of sulfone groups is 1. The summed E-state index contributed by atoms with van der Waals surface area (Å²) < 4.78 is 29.6. The number of halogens is 1. The van der Waals surface area contributed by atoms with Crippen LogP contribution in [-0.4, -0.2) is 8.42 Å². The lowest BCUT2D eigenvalue weighted by atomic mass is 10.4. The maximum atomic E-state index is 12.1. The van der Waals surface area contributed by atoms with Gasteiger partial charge >= 0.3 is 0 Å². The van der Waals surface area contributed by atoms with Gasteiger partial charge in [0, 0.05) is 0 Å². The van der Waals surface area contributed by atoms with E-state index in [0.717, 1.165) is 0 Å². The molecule has 96 valence electrons. The van der Waals surface area contributed by atoms with Gasteiger partial charge < -0.3 is 10.2 Å². The molecule has 2 N–H and O–H groups in total. The van der Waals surface area contributed by atoms with Crippen LogP contribution in [-0.2, 0) is 22.1 Å². The molecule has 0 bridgehead atoms. The van der Waals surface area contributed by atoms with Crippen LogP contribution < -0.4 is 5.73 Å². The summed E-state index contributed by atoms with van der Waals surface area (Å²) in [6.07, 6.45) is 0. The summed E-state index contributed by atoms with van der Waals surface area (Å²) >= 11 is 5.88. The van der Waals surface area contributed by atoms with E-state index in [1.54, 1.807) is 30.3 Å². The number of hydrogen-bond acceptors (Lipinski definition) is 4. The van der Waals surface area contributed by atoms with Gasteiger partial charge in [-0.2, -0.15) is 0 Å². The van der Waals surface area contributed by atoms with Crippen LogP contribution in [0.1, 0.15) is 11.5 Å². The van der Waals surface area contributed by atoms with Crippen molar-refractivity contribution in [1.82, 2.24) is 0 Å². The number of rotatable bonds is 4. The molecule has 0 aliphatic rings. The minimum atomic E-state index is -3.51. The summed E-state index contributed by atoms with van der Waals surface area (Å²) in [5, 5.41) is 0.211. The number of furan rings is 1. The van der Waals surface area contributed by atoms with E-state index in [0.29, 0.717) is 11.5 Å². The maximum absolute atomic E-state index is 12.1. The Hall–Kier alpha value is -1.30. The quantitative estimate of drug-likeness (QED) is 0.936. The topological polar surface area (TPSA) is 73.3 Å². The van der Waals surface area contributed by atoms with Crippen molar-refractivity contribution in [1.29, 1.82) is 0 Å². The molecule has 0 aliphatic heterocycles. The highest BCUT2D eigenvalue weighted by Crippen LogP contribution is 2.24. The van der Waals surface area contributed by atoms with Crippen molar-refractivity contribution in [2.75, 3.05) is 0 Å². The zero-order valence-electron chi connectivity index (χ0n) is 9.47. The van der Waals surface area contributed by atoms with Crippen LogP contribution in [0.4, 0.5) is 0 Å². The molecule has 0 amide bonds. The molecule has 0 saturated carbocycles. The maximum Gasteiger partial charge on any atom is 0.187 e. The standard InChI is InChI=1S/C12H12ClNO3S/c13-11-3-1-2-4-12(11)18(15,16)8-10-6-5-9(7-14)17-10/h1-6H,7-8,14H2. The Kier molecular flexibility index (Phi) is 3.75. The third-order valence-corrected chi connectivity index (χ3v) is 4.55. The van der Waals surface area contributed by atoms with Crippen LogP contribution in [0.15, 0.2) is 45.7 Å². The highest BCUT2D eigenvalue weighted by atomic mass is 35.5. The Labute approximate surface area is 110 Å². The van der Waals surface area contributed by atoms with Gasteiger partial charge in [-0.25, -0.2) is 8.42 Å². The molecular formula is C12H12ClNO3S. The Bertz CT molecular complexity index is 649. The van der Waals surface area contributed by atoms with E-state index < -0.39 is 9.84 Å². The lowest BCUT2D eigenvalue weighted by molar-refractivity contribution is 0.477. The molecule has 1 aromatic heterocycles. The van der Waals surface area contributed by atoms with Crippen molar-refractivity contribution >= 4 is 21.4 Å². The minimum absolute atomic E-state index is 0.109. The average molecular weight is 286 g/mol. The van der Waals surface area contributed by atoms with Gasteiger partial charge in [0.15, 0.2) is 9.84 Å². The Morgan fingerprint density at radius 3 is 2.39 bits per heavy atom. The number of hydrogen-bond donors (Lipinski definition) is 1. The fraction of sp³-hybridized carbons (Fsp3) is 0.167. The molecule has 2 rings (SSSR count). The smallest absolute Gasteiger partial charge is 0.187 e. The van der Waals surface area contributed by atoms with E-state index >= 15 is 0 Å². The third-order valence-electron chi connectivity index (χ3n) is 2.42. The average Bonchev–Trinajstić information content (AvgIpc) is 2.76. The van der Waals surface area contributed by atoms with Gasteiger partial charge in [-0.3, -0.25) is 0 Å². The predicted molar refractivity (Wildman–Crippen MR) is 68.9 cm³/mol. The van der Waals surface area contributed by atoms with Gasteiger partial charge in [0.05, 0.1) is 16.5 Å². The van der Waals surface area contributed by atoms with Crippen LogP contribution in [0.3, 0.4) is 0 Å². The van der Waals surface area contributed by atoms with Crippen molar-refractivity contribution in [2.45, 2.75) is 17.2 Å². The van der Waals surface area contributed by atoms with Gasteiger partial charge in [-0.15, -0.1) is 0 Å². The van der Waals surface area contributed by atoms with Crippen molar-refractivity contribution in [2.24, 2.45) is 5.73 Å². The van der Waals surface area contributed by atoms with Crippen molar-refractivity contribution in [3.05, 3.63) is 52.9 Å². The van der Waals surface area contributed by atoms with Gasteiger partial charge in [-0.1, -0.05) is 23.7 Å². The third kappa shape index (κ3) is 2.75. The van der Waals surface area contributed by atoms with Gasteiger partial charge in [0.25, 0.3) is 0 Å². The molecular weight excluding hydrogens is 274 g/mol. The normalized spacial score (nSPS) is 11.7. The molecule has 2 aromatic rings. The van der Waals surface area contributed by atoms with E-state index in [2.05, 4.69) is 0 Å². The number of nitrogens with two attached hydrogens (primary N) is 1. The number of benzene rings is 1. The first-order valence-corrected chi connectivity index (χ1v) is 7.31. The fourth-order valence-corrected chi connectivity index (χ4v) is 3.40. The van der Waals surface area contributed by atoms with Crippen LogP contribution in [0.5, 0.6) is 0 Å². The summed E-state index contributed by atoms with van der Waals surface area (Å²) in [7, 11) is -3.51. The molecule has 0 fully saturated rings. The fourth-order valence-electron chi connectivity index (χ4n) is 1.57. The van der Waals surface area contributed by atoms with E-state index in [1.807, 2.05) is 0 Å². The van der Waals surface area contributed by atoms with Gasteiger partial charge in [0.2, 0.25) is 0 Å². The second-order valence-electron chi connectivity index (χ2n) is 3.76. The van der Waals surface area contributed by atoms with Gasteiger partial charge in [0.1, 0.15) is 17.3 Å².